The molecule has 0 spiro atoms. The number of furan rings is 1. The zero-order chi connectivity index (χ0) is 20.8. The first-order valence-corrected chi connectivity index (χ1v) is 9.07. The molecule has 0 aliphatic carbocycles. The van der Waals surface area contributed by atoms with Crippen molar-refractivity contribution in [1.82, 2.24) is 0 Å². The van der Waals surface area contributed by atoms with Gasteiger partial charge in [0.15, 0.2) is 6.04 Å². The van der Waals surface area contributed by atoms with Crippen molar-refractivity contribution in [3.8, 4) is 11.5 Å². The molecule has 3 rings (SSSR count). The second-order valence-corrected chi connectivity index (χ2v) is 6.19. The van der Waals surface area contributed by atoms with Crippen LogP contribution in [0.3, 0.4) is 0 Å². The van der Waals surface area contributed by atoms with Crippen molar-refractivity contribution in [3.05, 3.63) is 77.7 Å². The Morgan fingerprint density at radius 2 is 1.72 bits per heavy atom. The molecule has 1 unspecified atom stereocenters. The van der Waals surface area contributed by atoms with Gasteiger partial charge in [-0.15, -0.1) is 0 Å². The fourth-order valence-electron chi connectivity index (χ4n) is 2.74. The molecule has 1 atom stereocenters. The lowest BCUT2D eigenvalue weighted by Gasteiger charge is -2.17. The Kier molecular flexibility index (Phi) is 6.19. The van der Waals surface area contributed by atoms with E-state index in [0.29, 0.717) is 17.2 Å². The van der Waals surface area contributed by atoms with E-state index < -0.39 is 18.0 Å². The summed E-state index contributed by atoms with van der Waals surface area (Å²) < 4.78 is 16.4. The SMILES string of the molecule is CCOC(=O)C(Nc1ccc(Oc2ccccc2)cc1)c1cc(C(=O)O)c(C)o1. The molecule has 0 saturated carbocycles. The van der Waals surface area contributed by atoms with Crippen LogP contribution in [-0.2, 0) is 9.53 Å². The third kappa shape index (κ3) is 4.95. The molecule has 7 nitrogen and oxygen atoms in total. The molecule has 0 saturated heterocycles. The molecule has 150 valence electrons. The molecule has 0 radical (unpaired) electrons. The molecule has 0 fully saturated rings. The number of para-hydroxylation sites is 1. The summed E-state index contributed by atoms with van der Waals surface area (Å²) in [6.45, 7) is 3.41. The normalized spacial score (nSPS) is 11.5. The maximum Gasteiger partial charge on any atom is 0.339 e. The minimum Gasteiger partial charge on any atom is -0.478 e. The third-order valence-electron chi connectivity index (χ3n) is 4.12. The molecule has 7 heteroatoms. The molecule has 0 bridgehead atoms. The van der Waals surface area contributed by atoms with Gasteiger partial charge in [-0.05, 0) is 56.3 Å². The molecule has 3 aromatic rings. The van der Waals surface area contributed by atoms with Gasteiger partial charge in [-0.3, -0.25) is 0 Å². The van der Waals surface area contributed by atoms with Gasteiger partial charge >= 0.3 is 11.9 Å². The van der Waals surface area contributed by atoms with Gasteiger partial charge in [-0.1, -0.05) is 18.2 Å². The Labute approximate surface area is 167 Å². The van der Waals surface area contributed by atoms with Crippen LogP contribution in [0.5, 0.6) is 11.5 Å². The van der Waals surface area contributed by atoms with Crippen LogP contribution in [0.15, 0.2) is 65.1 Å². The van der Waals surface area contributed by atoms with Gasteiger partial charge in [0.25, 0.3) is 0 Å². The molecule has 1 aromatic heterocycles. The second-order valence-electron chi connectivity index (χ2n) is 6.19. The number of anilines is 1. The van der Waals surface area contributed by atoms with E-state index >= 15 is 0 Å². The number of ether oxygens (including phenoxy) is 2. The van der Waals surface area contributed by atoms with Crippen molar-refractivity contribution in [2.75, 3.05) is 11.9 Å². The lowest BCUT2D eigenvalue weighted by molar-refractivity contribution is -0.144. The molecule has 2 N–H and O–H groups in total. The van der Waals surface area contributed by atoms with Crippen LogP contribution in [0.1, 0.15) is 34.8 Å². The highest BCUT2D eigenvalue weighted by Gasteiger charge is 2.28. The lowest BCUT2D eigenvalue weighted by atomic mass is 10.1. The highest BCUT2D eigenvalue weighted by atomic mass is 16.5. The molecule has 1 heterocycles. The summed E-state index contributed by atoms with van der Waals surface area (Å²) in [5, 5.41) is 12.3. The molecule has 0 amide bonds. The molecule has 29 heavy (non-hydrogen) atoms. The zero-order valence-corrected chi connectivity index (χ0v) is 16.0. The second kappa shape index (κ2) is 8.97. The van der Waals surface area contributed by atoms with E-state index in [9.17, 15) is 14.7 Å². The number of nitrogens with one attached hydrogen (secondary N) is 1. The zero-order valence-electron chi connectivity index (χ0n) is 16.0. The third-order valence-corrected chi connectivity index (χ3v) is 4.12. The summed E-state index contributed by atoms with van der Waals surface area (Å²) in [6, 6.07) is 16.7. The summed E-state index contributed by atoms with van der Waals surface area (Å²) in [6.07, 6.45) is 0. The predicted molar refractivity (Wildman–Crippen MR) is 106 cm³/mol. The largest absolute Gasteiger partial charge is 0.478 e. The van der Waals surface area contributed by atoms with Crippen molar-refractivity contribution >= 4 is 17.6 Å². The summed E-state index contributed by atoms with van der Waals surface area (Å²) in [4.78, 5) is 23.7. The molecule has 0 aliphatic rings. The first kappa shape index (κ1) is 20.0. The molecular weight excluding hydrogens is 374 g/mol. The van der Waals surface area contributed by atoms with E-state index in [1.165, 1.54) is 13.0 Å². The summed E-state index contributed by atoms with van der Waals surface area (Å²) in [5.74, 6) is 0.0461. The number of hydrogen-bond donors (Lipinski definition) is 2. The number of aryl methyl sites for hydroxylation is 1. The van der Waals surface area contributed by atoms with E-state index in [2.05, 4.69) is 5.32 Å². The Morgan fingerprint density at radius 3 is 2.31 bits per heavy atom. The van der Waals surface area contributed by atoms with Crippen molar-refractivity contribution < 1.29 is 28.6 Å². The Morgan fingerprint density at radius 1 is 1.07 bits per heavy atom. The van der Waals surface area contributed by atoms with Gasteiger partial charge in [-0.25, -0.2) is 9.59 Å². The van der Waals surface area contributed by atoms with Gasteiger partial charge in [0.1, 0.15) is 28.6 Å². The van der Waals surface area contributed by atoms with Gasteiger partial charge in [0.2, 0.25) is 0 Å². The summed E-state index contributed by atoms with van der Waals surface area (Å²) in [5.41, 5.74) is 0.622. The van der Waals surface area contributed by atoms with Crippen LogP contribution in [0.25, 0.3) is 0 Å². The summed E-state index contributed by atoms with van der Waals surface area (Å²) >= 11 is 0. The average Bonchev–Trinajstić information content (AvgIpc) is 3.10. The van der Waals surface area contributed by atoms with Crippen LogP contribution in [0.4, 0.5) is 5.69 Å². The number of carboxylic acids is 1. The van der Waals surface area contributed by atoms with Crippen LogP contribution < -0.4 is 10.1 Å². The number of benzene rings is 2. The first-order chi connectivity index (χ1) is 14.0. The minimum absolute atomic E-state index is 0.00251. The summed E-state index contributed by atoms with van der Waals surface area (Å²) in [7, 11) is 0. The van der Waals surface area contributed by atoms with E-state index in [1.807, 2.05) is 30.3 Å². The van der Waals surface area contributed by atoms with Crippen LogP contribution in [0.2, 0.25) is 0 Å². The van der Waals surface area contributed by atoms with Crippen LogP contribution in [-0.4, -0.2) is 23.7 Å². The van der Waals surface area contributed by atoms with E-state index in [-0.39, 0.29) is 23.7 Å². The number of rotatable bonds is 8. The average molecular weight is 395 g/mol. The van der Waals surface area contributed by atoms with E-state index in [0.717, 1.165) is 0 Å². The van der Waals surface area contributed by atoms with Crippen LogP contribution in [0, 0.1) is 6.92 Å². The number of hydrogen-bond acceptors (Lipinski definition) is 6. The molecular formula is C22H21NO6. The Bertz CT molecular complexity index is 978. The molecule has 2 aromatic carbocycles. The predicted octanol–water partition coefficient (Wildman–Crippen LogP) is 4.79. The highest BCUT2D eigenvalue weighted by molar-refractivity contribution is 5.89. The number of carboxylic acid groups (broad SMARTS) is 1. The smallest absolute Gasteiger partial charge is 0.339 e. The van der Waals surface area contributed by atoms with Gasteiger partial charge in [-0.2, -0.15) is 0 Å². The topological polar surface area (TPSA) is 98.0 Å². The van der Waals surface area contributed by atoms with Gasteiger partial charge < -0.3 is 24.3 Å². The van der Waals surface area contributed by atoms with Gasteiger partial charge in [0, 0.05) is 5.69 Å². The van der Waals surface area contributed by atoms with Gasteiger partial charge in [0.05, 0.1) is 6.61 Å². The quantitative estimate of drug-likeness (QED) is 0.529. The molecule has 0 aliphatic heterocycles. The maximum absolute atomic E-state index is 12.4. The van der Waals surface area contributed by atoms with E-state index in [1.54, 1.807) is 31.2 Å². The fraction of sp³-hybridized carbons (Fsp3) is 0.182. The van der Waals surface area contributed by atoms with Crippen molar-refractivity contribution in [2.45, 2.75) is 19.9 Å². The monoisotopic (exact) mass is 395 g/mol. The lowest BCUT2D eigenvalue weighted by Crippen LogP contribution is -2.23. The fourth-order valence-corrected chi connectivity index (χ4v) is 2.74. The van der Waals surface area contributed by atoms with Crippen molar-refractivity contribution in [3.63, 3.8) is 0 Å². The van der Waals surface area contributed by atoms with E-state index in [4.69, 9.17) is 13.9 Å². The highest BCUT2D eigenvalue weighted by Crippen LogP contribution is 2.28. The number of aromatic carboxylic acids is 1. The van der Waals surface area contributed by atoms with Crippen molar-refractivity contribution in [1.29, 1.82) is 0 Å². The standard InChI is InChI=1S/C22H21NO6/c1-3-27-22(26)20(19-13-18(21(24)25)14(2)28-19)23-15-9-11-17(12-10-15)29-16-7-5-4-6-8-16/h4-13,20,23H,3H2,1-2H3,(H,24,25). The first-order valence-electron chi connectivity index (χ1n) is 9.07. The Balaban J connectivity index is 1.79. The van der Waals surface area contributed by atoms with Crippen molar-refractivity contribution in [2.24, 2.45) is 0 Å². The number of carbonyl (C=O) groups is 2. The minimum atomic E-state index is -1.12. The number of esters is 1. The van der Waals surface area contributed by atoms with Crippen LogP contribution >= 0.6 is 0 Å². The Hall–Kier alpha value is -3.74. The maximum atomic E-state index is 12.4. The number of carbonyl (C=O) groups excluding carboxylic acids is 1.